The molecule has 0 atom stereocenters. The van der Waals surface area contributed by atoms with Gasteiger partial charge in [-0.25, -0.2) is 0 Å². The van der Waals surface area contributed by atoms with Crippen LogP contribution in [-0.4, -0.2) is 23.3 Å². The van der Waals surface area contributed by atoms with Crippen molar-refractivity contribution < 1.29 is 14.5 Å². The van der Waals surface area contributed by atoms with E-state index < -0.39 is 16.7 Å². The summed E-state index contributed by atoms with van der Waals surface area (Å²) in [4.78, 5) is 32.0. The Morgan fingerprint density at radius 3 is 2.59 bits per heavy atom. The summed E-state index contributed by atoms with van der Waals surface area (Å²) < 4.78 is 0. The van der Waals surface area contributed by atoms with Crippen LogP contribution in [0.5, 0.6) is 0 Å². The molecule has 0 bridgehead atoms. The van der Waals surface area contributed by atoms with Crippen LogP contribution in [0.25, 0.3) is 0 Å². The van der Waals surface area contributed by atoms with Crippen LogP contribution < -0.4 is 11.1 Å². The third kappa shape index (κ3) is 3.56. The Bertz CT molecular complexity index is 484. The zero-order valence-corrected chi connectivity index (χ0v) is 9.10. The van der Waals surface area contributed by atoms with E-state index in [-0.39, 0.29) is 17.8 Å². The number of nitrogens with one attached hydrogen (secondary N) is 1. The Hall–Kier alpha value is -2.44. The van der Waals surface area contributed by atoms with Crippen LogP contribution >= 0.6 is 0 Å². The van der Waals surface area contributed by atoms with Gasteiger partial charge in [-0.3, -0.25) is 19.7 Å². The number of carbonyl (C=O) groups is 2. The maximum Gasteiger partial charge on any atom is 0.270 e. The third-order valence-electron chi connectivity index (χ3n) is 1.96. The zero-order chi connectivity index (χ0) is 13.0. The van der Waals surface area contributed by atoms with Crippen molar-refractivity contribution in [2.45, 2.75) is 6.92 Å². The number of nitrogens with zero attached hydrogens (tertiary/aromatic N) is 1. The summed E-state index contributed by atoms with van der Waals surface area (Å²) in [5, 5.41) is 12.8. The van der Waals surface area contributed by atoms with Crippen LogP contribution in [0.2, 0.25) is 0 Å². The van der Waals surface area contributed by atoms with Crippen molar-refractivity contribution in [3.63, 3.8) is 0 Å². The fraction of sp³-hybridized carbons (Fsp3) is 0.200. The molecule has 7 heteroatoms. The number of rotatable bonds is 4. The number of nitrogens with two attached hydrogens (primary N) is 1. The van der Waals surface area contributed by atoms with Crippen LogP contribution in [0.1, 0.15) is 15.9 Å². The molecule has 0 heterocycles. The molecule has 0 saturated heterocycles. The van der Waals surface area contributed by atoms with E-state index >= 15 is 0 Å². The van der Waals surface area contributed by atoms with E-state index in [2.05, 4.69) is 5.32 Å². The average Bonchev–Trinajstić information content (AvgIpc) is 2.24. The Morgan fingerprint density at radius 1 is 1.41 bits per heavy atom. The SMILES string of the molecule is Cc1cc(C(=O)NCC(N)=O)cc([N+](=O)[O-])c1. The number of amides is 2. The van der Waals surface area contributed by atoms with Crippen molar-refractivity contribution in [2.24, 2.45) is 5.73 Å². The minimum absolute atomic E-state index is 0.123. The summed E-state index contributed by atoms with van der Waals surface area (Å²) in [6, 6.07) is 3.98. The predicted octanol–water partition coefficient (Wildman–Crippen LogP) is 0.118. The number of primary amides is 1. The minimum Gasteiger partial charge on any atom is -0.368 e. The zero-order valence-electron chi connectivity index (χ0n) is 9.10. The number of hydrogen-bond donors (Lipinski definition) is 2. The van der Waals surface area contributed by atoms with Crippen molar-refractivity contribution >= 4 is 17.5 Å². The van der Waals surface area contributed by atoms with Gasteiger partial charge in [0.1, 0.15) is 0 Å². The Morgan fingerprint density at radius 2 is 2.06 bits per heavy atom. The highest BCUT2D eigenvalue weighted by molar-refractivity contribution is 5.97. The largest absolute Gasteiger partial charge is 0.368 e. The van der Waals surface area contributed by atoms with Gasteiger partial charge >= 0.3 is 0 Å². The van der Waals surface area contributed by atoms with Crippen LogP contribution in [-0.2, 0) is 4.79 Å². The maximum absolute atomic E-state index is 11.5. The second-order valence-corrected chi connectivity index (χ2v) is 3.46. The van der Waals surface area contributed by atoms with E-state index in [1.54, 1.807) is 6.92 Å². The van der Waals surface area contributed by atoms with E-state index in [0.29, 0.717) is 5.56 Å². The first-order chi connectivity index (χ1) is 7.90. The van der Waals surface area contributed by atoms with Crippen LogP contribution in [0.15, 0.2) is 18.2 Å². The molecule has 0 saturated carbocycles. The number of carbonyl (C=O) groups excluding carboxylic acids is 2. The molecule has 0 aliphatic rings. The number of aryl methyl sites for hydroxylation is 1. The van der Waals surface area contributed by atoms with E-state index in [0.717, 1.165) is 6.07 Å². The minimum atomic E-state index is -0.680. The van der Waals surface area contributed by atoms with Gasteiger partial charge in [0, 0.05) is 17.7 Å². The predicted molar refractivity (Wildman–Crippen MR) is 59.4 cm³/mol. The molecule has 2 amide bonds. The first kappa shape index (κ1) is 12.6. The van der Waals surface area contributed by atoms with E-state index in [4.69, 9.17) is 5.73 Å². The first-order valence-electron chi connectivity index (χ1n) is 4.72. The van der Waals surface area contributed by atoms with Gasteiger partial charge in [-0.05, 0) is 18.6 Å². The highest BCUT2D eigenvalue weighted by atomic mass is 16.6. The highest BCUT2D eigenvalue weighted by Crippen LogP contribution is 2.16. The molecule has 1 aromatic carbocycles. The maximum atomic E-state index is 11.5. The molecule has 0 aliphatic carbocycles. The Kier molecular flexibility index (Phi) is 3.76. The van der Waals surface area contributed by atoms with Crippen molar-refractivity contribution in [3.05, 3.63) is 39.4 Å². The molecule has 7 nitrogen and oxygen atoms in total. The molecule has 0 fully saturated rings. The summed E-state index contributed by atoms with van der Waals surface area (Å²) in [5.74, 6) is -1.25. The quantitative estimate of drug-likeness (QED) is 0.571. The normalized spacial score (nSPS) is 9.71. The van der Waals surface area contributed by atoms with Gasteiger partial charge in [0.05, 0.1) is 11.5 Å². The second-order valence-electron chi connectivity index (χ2n) is 3.46. The number of benzene rings is 1. The van der Waals surface area contributed by atoms with E-state index in [9.17, 15) is 19.7 Å². The topological polar surface area (TPSA) is 115 Å². The molecular formula is C10H11N3O4. The van der Waals surface area contributed by atoms with Gasteiger partial charge in [-0.2, -0.15) is 0 Å². The molecule has 1 aromatic rings. The number of non-ortho nitro benzene ring substituents is 1. The van der Waals surface area contributed by atoms with Crippen molar-refractivity contribution in [1.82, 2.24) is 5.32 Å². The summed E-state index contributed by atoms with van der Waals surface area (Å²) >= 11 is 0. The van der Waals surface area contributed by atoms with Gasteiger partial charge < -0.3 is 11.1 Å². The lowest BCUT2D eigenvalue weighted by Gasteiger charge is -2.03. The molecule has 1 rings (SSSR count). The average molecular weight is 237 g/mol. The number of hydrogen-bond acceptors (Lipinski definition) is 4. The number of nitro groups is 1. The van der Waals surface area contributed by atoms with Gasteiger partial charge in [0.2, 0.25) is 5.91 Å². The van der Waals surface area contributed by atoms with E-state index in [1.165, 1.54) is 12.1 Å². The van der Waals surface area contributed by atoms with Crippen molar-refractivity contribution in [1.29, 1.82) is 0 Å². The summed E-state index contributed by atoms with van der Waals surface area (Å²) in [5.41, 5.74) is 5.40. The Labute approximate surface area is 96.8 Å². The van der Waals surface area contributed by atoms with Crippen LogP contribution in [0.4, 0.5) is 5.69 Å². The van der Waals surface area contributed by atoms with Gasteiger partial charge in [0.15, 0.2) is 0 Å². The third-order valence-corrected chi connectivity index (χ3v) is 1.96. The molecule has 0 aromatic heterocycles. The highest BCUT2D eigenvalue weighted by Gasteiger charge is 2.13. The van der Waals surface area contributed by atoms with Crippen molar-refractivity contribution in [3.8, 4) is 0 Å². The molecule has 3 N–H and O–H groups in total. The lowest BCUT2D eigenvalue weighted by atomic mass is 10.1. The van der Waals surface area contributed by atoms with Crippen LogP contribution in [0.3, 0.4) is 0 Å². The fourth-order valence-corrected chi connectivity index (χ4v) is 1.27. The summed E-state index contributed by atoms with van der Waals surface area (Å²) in [7, 11) is 0. The van der Waals surface area contributed by atoms with Crippen LogP contribution in [0, 0.1) is 17.0 Å². The molecule has 17 heavy (non-hydrogen) atoms. The standard InChI is InChI=1S/C10H11N3O4/c1-6-2-7(4-8(3-6)13(16)17)10(15)12-5-9(11)14/h2-4H,5H2,1H3,(H2,11,14)(H,12,15). The Balaban J connectivity index is 2.93. The van der Waals surface area contributed by atoms with Crippen molar-refractivity contribution in [2.75, 3.05) is 6.54 Å². The monoisotopic (exact) mass is 237 g/mol. The smallest absolute Gasteiger partial charge is 0.270 e. The second kappa shape index (κ2) is 5.06. The molecule has 0 unspecified atom stereocenters. The summed E-state index contributed by atoms with van der Waals surface area (Å²) in [6.07, 6.45) is 0. The van der Waals surface area contributed by atoms with Gasteiger partial charge in [-0.1, -0.05) is 0 Å². The molecule has 90 valence electrons. The summed E-state index contributed by atoms with van der Waals surface area (Å²) in [6.45, 7) is 1.33. The molecule has 0 radical (unpaired) electrons. The molecule has 0 spiro atoms. The first-order valence-corrected chi connectivity index (χ1v) is 4.72. The number of nitro benzene ring substituents is 1. The van der Waals surface area contributed by atoms with E-state index in [1.807, 2.05) is 0 Å². The van der Waals surface area contributed by atoms with Gasteiger partial charge in [0.25, 0.3) is 11.6 Å². The lowest BCUT2D eigenvalue weighted by Crippen LogP contribution is -2.33. The molecular weight excluding hydrogens is 226 g/mol. The fourth-order valence-electron chi connectivity index (χ4n) is 1.27. The van der Waals surface area contributed by atoms with Gasteiger partial charge in [-0.15, -0.1) is 0 Å². The lowest BCUT2D eigenvalue weighted by molar-refractivity contribution is -0.384. The molecule has 0 aliphatic heterocycles.